The Morgan fingerprint density at radius 3 is 1.86 bits per heavy atom. The van der Waals surface area contributed by atoms with Crippen molar-refractivity contribution in [1.82, 2.24) is 0 Å². The molecule has 0 spiro atoms. The zero-order valence-corrected chi connectivity index (χ0v) is 22.5. The van der Waals surface area contributed by atoms with E-state index in [1.165, 1.54) is 0 Å². The van der Waals surface area contributed by atoms with Crippen LogP contribution in [0.2, 0.25) is 0 Å². The third-order valence-electron chi connectivity index (χ3n) is 7.62. The van der Waals surface area contributed by atoms with Crippen molar-refractivity contribution in [1.29, 1.82) is 0 Å². The van der Waals surface area contributed by atoms with Gasteiger partial charge in [-0.2, -0.15) is 0 Å². The number of rotatable bonds is 3. The van der Waals surface area contributed by atoms with Crippen LogP contribution in [-0.4, -0.2) is 0 Å². The Kier molecular flexibility index (Phi) is 2.65. The Morgan fingerprint density at radius 2 is 0.977 bits per heavy atom. The van der Waals surface area contributed by atoms with Gasteiger partial charge in [-0.25, -0.2) is 0 Å². The van der Waals surface area contributed by atoms with Crippen molar-refractivity contribution in [2.75, 3.05) is 0 Å². The highest BCUT2D eigenvalue weighted by Gasteiger charge is 2.19. The quantitative estimate of drug-likeness (QED) is 0.183. The van der Waals surface area contributed by atoms with Crippen LogP contribution in [0.5, 0.6) is 0 Å². The van der Waals surface area contributed by atoms with Crippen LogP contribution < -0.4 is 0 Å². The van der Waals surface area contributed by atoms with Crippen LogP contribution in [0.3, 0.4) is 0 Å². The van der Waals surface area contributed by atoms with Gasteiger partial charge >= 0.3 is 0 Å². The summed E-state index contributed by atoms with van der Waals surface area (Å²) in [6.45, 7) is 0. The maximum Gasteiger partial charge on any atom is 0.0636 e. The summed E-state index contributed by atoms with van der Waals surface area (Å²) in [6.07, 6.45) is 0. The summed E-state index contributed by atoms with van der Waals surface area (Å²) < 4.78 is 190. The second-order valence-corrected chi connectivity index (χ2v) is 10.0. The molecule has 9 aromatic carbocycles. The number of hydrogen-bond donors (Lipinski definition) is 0. The van der Waals surface area contributed by atoms with Crippen LogP contribution in [0.15, 0.2) is 169 Å². The number of fused-ring (bicyclic) bond motifs is 5. The van der Waals surface area contributed by atoms with Crippen molar-refractivity contribution >= 4 is 53.9 Å². The monoisotopic (exact) mass is 577 g/mol. The van der Waals surface area contributed by atoms with Crippen molar-refractivity contribution in [3.8, 4) is 33.4 Å². The first-order chi connectivity index (χ1) is 30.6. The fourth-order valence-electron chi connectivity index (χ4n) is 5.71. The van der Waals surface area contributed by atoms with Crippen molar-refractivity contribution in [2.24, 2.45) is 0 Å². The zero-order valence-electron chi connectivity index (χ0n) is 43.5. The van der Waals surface area contributed by atoms with Crippen LogP contribution in [0, 0.1) is 0 Å². The maximum absolute atomic E-state index is 10.2. The molecule has 0 fully saturated rings. The first kappa shape index (κ1) is 11.8. The molecule has 0 heterocycles. The largest absolute Gasteiger partial charge is 0.0636 e. The van der Waals surface area contributed by atoms with Gasteiger partial charge in [-0.3, -0.25) is 0 Å². The minimum absolute atomic E-state index is 0.116. The van der Waals surface area contributed by atoms with Gasteiger partial charge in [0, 0.05) is 0 Å². The first-order valence-electron chi connectivity index (χ1n) is 24.1. The Morgan fingerprint density at radius 1 is 0.318 bits per heavy atom. The van der Waals surface area contributed by atoms with Gasteiger partial charge in [0.05, 0.1) is 28.8 Å². The Hall–Kier alpha value is -5.72. The van der Waals surface area contributed by atoms with Gasteiger partial charge in [-0.15, -0.1) is 0 Å². The molecule has 0 aliphatic heterocycles. The molecule has 0 bridgehead atoms. The van der Waals surface area contributed by atoms with E-state index in [0.29, 0.717) is 10.8 Å². The summed E-state index contributed by atoms with van der Waals surface area (Å²) in [4.78, 5) is 0. The van der Waals surface area contributed by atoms with Crippen LogP contribution in [-0.2, 0) is 0 Å². The van der Waals surface area contributed by atoms with E-state index in [-0.39, 0.29) is 21.9 Å². The molecule has 0 atom stereocenters. The van der Waals surface area contributed by atoms with E-state index in [4.69, 9.17) is 17.8 Å². The molecule has 0 aliphatic rings. The van der Waals surface area contributed by atoms with Gasteiger partial charge in [0.2, 0.25) is 0 Å². The summed E-state index contributed by atoms with van der Waals surface area (Å²) in [6, 6.07) is -4.47. The van der Waals surface area contributed by atoms with Crippen LogP contribution in [0.1, 0.15) is 28.8 Å². The normalized spacial score (nSPS) is 18.3. The highest BCUT2D eigenvalue weighted by atomic mass is 14.2. The molecule has 0 aromatic heterocycles. The SMILES string of the molecule is [2H]c1c([2H])c([2H])c2c([2H])c(-c3c4c([2H])c([2H])c([2H])c([2H])c4c(-c4cccc5ccccc45)c4c([2H])c(-c5c([2H])c([2H])c([2H])c6c([2H])c([2H])c([2H])c([2H])c56)c([2H])c([2H])c34)c([2H])c([2H])c2c1[2H]. The lowest BCUT2D eigenvalue weighted by Crippen LogP contribution is -1.93. The molecule has 0 saturated carbocycles. The molecule has 0 amide bonds. The van der Waals surface area contributed by atoms with E-state index >= 15 is 0 Å². The molecule has 44 heavy (non-hydrogen) atoms. The van der Waals surface area contributed by atoms with Gasteiger partial charge in [-0.05, 0) is 99.3 Å². The third-order valence-corrected chi connectivity index (χ3v) is 7.62. The lowest BCUT2D eigenvalue weighted by molar-refractivity contribution is 1.66. The molecular formula is C44H28. The fraction of sp³-hybridized carbons (Fsp3) is 0. The smallest absolute Gasteiger partial charge is 0.0616 e. The van der Waals surface area contributed by atoms with Crippen LogP contribution in [0.25, 0.3) is 87.2 Å². The standard InChI is InChI=1S/C44H28/c1-2-14-32-27-34(24-23-29(32)11-1)43-39-19-7-8-20-40(39)44(38-22-10-16-31-13-4-6-18-36(31)38)42-28-33(25-26-41(42)43)37-21-9-15-30-12-3-5-17-35(30)37/h1-28H/i1D,2D,3D,5D,7D,8D,9D,11D,12D,14D,15D,17D,19D,20D,21D,23D,24D,25D,26D,27D,28D. The average Bonchev–Trinajstić information content (AvgIpc) is 3.29. The molecule has 0 aliphatic carbocycles. The van der Waals surface area contributed by atoms with E-state index in [0.717, 1.165) is 0 Å². The van der Waals surface area contributed by atoms with Crippen LogP contribution in [0.4, 0.5) is 0 Å². The van der Waals surface area contributed by atoms with Crippen molar-refractivity contribution in [3.63, 3.8) is 0 Å². The number of hydrogen-bond acceptors (Lipinski definition) is 0. The Bertz CT molecular complexity index is 3710. The molecule has 0 N–H and O–H groups in total. The van der Waals surface area contributed by atoms with Gasteiger partial charge in [0.1, 0.15) is 0 Å². The minimum atomic E-state index is -0.890. The van der Waals surface area contributed by atoms with Gasteiger partial charge in [0.25, 0.3) is 0 Å². The summed E-state index contributed by atoms with van der Waals surface area (Å²) in [5, 5.41) is -2.47. The lowest BCUT2D eigenvalue weighted by Gasteiger charge is -2.20. The highest BCUT2D eigenvalue weighted by molar-refractivity contribution is 6.24. The molecule has 0 heteroatoms. The Balaban J connectivity index is 1.68. The van der Waals surface area contributed by atoms with Gasteiger partial charge in [0.15, 0.2) is 0 Å². The molecule has 0 nitrogen and oxygen atoms in total. The molecule has 0 radical (unpaired) electrons. The predicted octanol–water partition coefficient (Wildman–Crippen LogP) is 12.5. The molecule has 9 aromatic rings. The first-order valence-corrected chi connectivity index (χ1v) is 13.6. The number of benzene rings is 9. The van der Waals surface area contributed by atoms with E-state index in [1.807, 2.05) is 0 Å². The van der Waals surface area contributed by atoms with E-state index < -0.39 is 181 Å². The average molecular weight is 578 g/mol. The van der Waals surface area contributed by atoms with Crippen LogP contribution >= 0.6 is 0 Å². The summed E-state index contributed by atoms with van der Waals surface area (Å²) in [5.41, 5.74) is -2.20. The predicted molar refractivity (Wildman–Crippen MR) is 190 cm³/mol. The summed E-state index contributed by atoms with van der Waals surface area (Å²) in [5.74, 6) is 0. The third kappa shape index (κ3) is 3.85. The topological polar surface area (TPSA) is 0 Å². The summed E-state index contributed by atoms with van der Waals surface area (Å²) >= 11 is 0. The molecule has 0 saturated heterocycles. The fourth-order valence-corrected chi connectivity index (χ4v) is 5.71. The minimum Gasteiger partial charge on any atom is -0.0616 e. The Labute approximate surface area is 286 Å². The second kappa shape index (κ2) is 9.93. The molecule has 9 rings (SSSR count). The van der Waals surface area contributed by atoms with E-state index in [2.05, 4.69) is 0 Å². The lowest BCUT2D eigenvalue weighted by atomic mass is 9.83. The van der Waals surface area contributed by atoms with Crippen molar-refractivity contribution < 1.29 is 28.8 Å². The summed E-state index contributed by atoms with van der Waals surface area (Å²) in [7, 11) is 0. The van der Waals surface area contributed by atoms with Crippen molar-refractivity contribution in [3.05, 3.63) is 169 Å². The van der Waals surface area contributed by atoms with Crippen molar-refractivity contribution in [2.45, 2.75) is 0 Å². The molecule has 204 valence electrons. The van der Waals surface area contributed by atoms with Gasteiger partial charge < -0.3 is 0 Å². The highest BCUT2D eigenvalue weighted by Crippen LogP contribution is 2.47. The van der Waals surface area contributed by atoms with E-state index in [9.17, 15) is 11.0 Å². The van der Waals surface area contributed by atoms with E-state index in [1.54, 1.807) is 42.5 Å². The molecular weight excluding hydrogens is 528 g/mol. The van der Waals surface area contributed by atoms with Gasteiger partial charge in [-0.1, -0.05) is 157 Å². The molecule has 0 unspecified atom stereocenters. The maximum atomic E-state index is 10.2. The zero-order chi connectivity index (χ0) is 47.3. The second-order valence-electron chi connectivity index (χ2n) is 10.0.